The zero-order valence-corrected chi connectivity index (χ0v) is 18.0. The van der Waals surface area contributed by atoms with Crippen molar-refractivity contribution in [3.8, 4) is 5.75 Å². The van der Waals surface area contributed by atoms with Crippen LogP contribution in [0, 0.1) is 0 Å². The molecule has 1 aliphatic heterocycles. The van der Waals surface area contributed by atoms with E-state index in [9.17, 15) is 9.59 Å². The summed E-state index contributed by atoms with van der Waals surface area (Å²) in [4.78, 5) is 29.0. The molecular weight excluding hydrogens is 378 g/mol. The Morgan fingerprint density at radius 2 is 1.77 bits per heavy atom. The molecule has 0 fully saturated rings. The molecule has 160 valence electrons. The van der Waals surface area contributed by atoms with Gasteiger partial charge in [-0.2, -0.15) is 0 Å². The van der Waals surface area contributed by atoms with Crippen molar-refractivity contribution >= 4 is 17.5 Å². The number of fused-ring (bicyclic) bond motifs is 1. The molecule has 0 radical (unpaired) electrons. The zero-order chi connectivity index (χ0) is 21.5. The number of rotatable bonds is 8. The SMILES string of the molecule is CCN(CC)[C@@H](CNC(=O)[C@@H]1CN(C(C)=O)c2ccccc2O1)Cc1ccccc1. The molecule has 0 saturated heterocycles. The Balaban J connectivity index is 1.68. The van der Waals surface area contributed by atoms with E-state index in [1.807, 2.05) is 36.4 Å². The number of nitrogens with one attached hydrogen (secondary N) is 1. The highest BCUT2D eigenvalue weighted by Crippen LogP contribution is 2.33. The van der Waals surface area contributed by atoms with Crippen molar-refractivity contribution in [1.82, 2.24) is 10.2 Å². The number of hydrogen-bond donors (Lipinski definition) is 1. The van der Waals surface area contributed by atoms with Gasteiger partial charge in [0.15, 0.2) is 6.10 Å². The van der Waals surface area contributed by atoms with Crippen LogP contribution in [-0.2, 0) is 16.0 Å². The summed E-state index contributed by atoms with van der Waals surface area (Å²) >= 11 is 0. The lowest BCUT2D eigenvalue weighted by Gasteiger charge is -2.34. The minimum atomic E-state index is -0.724. The fourth-order valence-corrected chi connectivity index (χ4v) is 3.96. The summed E-state index contributed by atoms with van der Waals surface area (Å²) < 4.78 is 5.92. The van der Waals surface area contributed by atoms with Crippen molar-refractivity contribution in [2.45, 2.75) is 39.3 Å². The number of carbonyl (C=O) groups excluding carboxylic acids is 2. The highest BCUT2D eigenvalue weighted by atomic mass is 16.5. The van der Waals surface area contributed by atoms with Gasteiger partial charge in [0.1, 0.15) is 5.75 Å². The molecule has 3 rings (SSSR count). The quantitative estimate of drug-likeness (QED) is 0.728. The van der Waals surface area contributed by atoms with Crippen molar-refractivity contribution in [3.63, 3.8) is 0 Å². The van der Waals surface area contributed by atoms with Crippen LogP contribution in [0.15, 0.2) is 54.6 Å². The van der Waals surface area contributed by atoms with E-state index in [2.05, 4.69) is 36.2 Å². The van der Waals surface area contributed by atoms with Gasteiger partial charge in [-0.3, -0.25) is 14.5 Å². The molecule has 1 N–H and O–H groups in total. The van der Waals surface area contributed by atoms with Gasteiger partial charge >= 0.3 is 0 Å². The molecule has 1 heterocycles. The fourth-order valence-electron chi connectivity index (χ4n) is 3.96. The topological polar surface area (TPSA) is 61.9 Å². The first kappa shape index (κ1) is 21.8. The van der Waals surface area contributed by atoms with Crippen molar-refractivity contribution in [3.05, 3.63) is 60.2 Å². The predicted octanol–water partition coefficient (Wildman–Crippen LogP) is 2.87. The first-order valence-electron chi connectivity index (χ1n) is 10.6. The summed E-state index contributed by atoms with van der Waals surface area (Å²) in [6.45, 7) is 8.34. The lowest BCUT2D eigenvalue weighted by Crippen LogP contribution is -2.53. The molecule has 1 aliphatic rings. The van der Waals surface area contributed by atoms with E-state index in [1.54, 1.807) is 11.0 Å². The Labute approximate surface area is 178 Å². The van der Waals surface area contributed by atoms with E-state index in [4.69, 9.17) is 4.74 Å². The van der Waals surface area contributed by atoms with Crippen LogP contribution in [0.4, 0.5) is 5.69 Å². The second-order valence-electron chi connectivity index (χ2n) is 7.51. The third-order valence-corrected chi connectivity index (χ3v) is 5.60. The van der Waals surface area contributed by atoms with E-state index < -0.39 is 6.10 Å². The summed E-state index contributed by atoms with van der Waals surface area (Å²) in [6.07, 6.45) is 0.134. The number of ether oxygens (including phenoxy) is 1. The first-order valence-corrected chi connectivity index (χ1v) is 10.6. The van der Waals surface area contributed by atoms with Crippen LogP contribution in [0.1, 0.15) is 26.3 Å². The lowest BCUT2D eigenvalue weighted by atomic mass is 10.0. The highest BCUT2D eigenvalue weighted by Gasteiger charge is 2.32. The van der Waals surface area contributed by atoms with Crippen LogP contribution < -0.4 is 15.0 Å². The van der Waals surface area contributed by atoms with Gasteiger partial charge in [0.2, 0.25) is 5.91 Å². The van der Waals surface area contributed by atoms with Gasteiger partial charge < -0.3 is 15.0 Å². The van der Waals surface area contributed by atoms with Gasteiger partial charge in [0.25, 0.3) is 5.91 Å². The van der Waals surface area contributed by atoms with Gasteiger partial charge in [-0.15, -0.1) is 0 Å². The molecule has 0 bridgehead atoms. The third-order valence-electron chi connectivity index (χ3n) is 5.60. The smallest absolute Gasteiger partial charge is 0.263 e. The largest absolute Gasteiger partial charge is 0.477 e. The van der Waals surface area contributed by atoms with E-state index in [0.717, 1.165) is 19.5 Å². The Morgan fingerprint density at radius 1 is 1.10 bits per heavy atom. The van der Waals surface area contributed by atoms with E-state index in [-0.39, 0.29) is 24.4 Å². The Kier molecular flexibility index (Phi) is 7.46. The molecule has 2 aromatic rings. The number of nitrogens with zero attached hydrogens (tertiary/aromatic N) is 2. The summed E-state index contributed by atoms with van der Waals surface area (Å²) in [5.74, 6) is 0.262. The van der Waals surface area contributed by atoms with Gasteiger partial charge in [0, 0.05) is 19.5 Å². The number of amides is 2. The van der Waals surface area contributed by atoms with Crippen molar-refractivity contribution in [1.29, 1.82) is 0 Å². The average Bonchev–Trinajstić information content (AvgIpc) is 2.77. The molecule has 2 aromatic carbocycles. The molecule has 2 amide bonds. The number of benzene rings is 2. The molecule has 0 aliphatic carbocycles. The number of para-hydroxylation sites is 2. The minimum Gasteiger partial charge on any atom is -0.477 e. The molecule has 0 spiro atoms. The highest BCUT2D eigenvalue weighted by molar-refractivity contribution is 5.95. The fraction of sp³-hybridized carbons (Fsp3) is 0.417. The average molecular weight is 410 g/mol. The maximum atomic E-state index is 12.9. The van der Waals surface area contributed by atoms with Crippen molar-refractivity contribution in [2.75, 3.05) is 31.1 Å². The molecule has 30 heavy (non-hydrogen) atoms. The normalized spacial score (nSPS) is 16.5. The third kappa shape index (κ3) is 5.19. The first-order chi connectivity index (χ1) is 14.5. The molecule has 0 aromatic heterocycles. The van der Waals surface area contributed by atoms with Gasteiger partial charge in [-0.1, -0.05) is 56.3 Å². The molecule has 0 saturated carbocycles. The second-order valence-corrected chi connectivity index (χ2v) is 7.51. The van der Waals surface area contributed by atoms with Crippen LogP contribution in [0.25, 0.3) is 0 Å². The summed E-state index contributed by atoms with van der Waals surface area (Å²) in [5.41, 5.74) is 1.95. The van der Waals surface area contributed by atoms with Crippen LogP contribution in [-0.4, -0.2) is 55.0 Å². The number of likely N-dealkylation sites (N-methyl/N-ethyl adjacent to an activating group) is 1. The van der Waals surface area contributed by atoms with E-state index in [1.165, 1.54) is 12.5 Å². The summed E-state index contributed by atoms with van der Waals surface area (Å²) in [6, 6.07) is 17.8. The molecule has 6 nitrogen and oxygen atoms in total. The summed E-state index contributed by atoms with van der Waals surface area (Å²) in [7, 11) is 0. The monoisotopic (exact) mass is 409 g/mol. The maximum absolute atomic E-state index is 12.9. The van der Waals surface area contributed by atoms with Crippen molar-refractivity contribution in [2.24, 2.45) is 0 Å². The predicted molar refractivity (Wildman–Crippen MR) is 119 cm³/mol. The Bertz CT molecular complexity index is 852. The molecule has 6 heteroatoms. The molecule has 0 unspecified atom stereocenters. The number of carbonyl (C=O) groups is 2. The molecular formula is C24H31N3O3. The van der Waals surface area contributed by atoms with Crippen LogP contribution in [0.2, 0.25) is 0 Å². The standard InChI is InChI=1S/C24H31N3O3/c1-4-26(5-2)20(15-19-11-7-6-8-12-19)16-25-24(29)23-17-27(18(3)28)21-13-9-10-14-22(21)30-23/h6-14,20,23H,4-5,15-17H2,1-3H3,(H,25,29)/t20-,23+/m1/s1. The van der Waals surface area contributed by atoms with Gasteiger partial charge in [-0.05, 0) is 37.2 Å². The minimum absolute atomic E-state index is 0.103. The second kappa shape index (κ2) is 10.3. The van der Waals surface area contributed by atoms with E-state index in [0.29, 0.717) is 18.0 Å². The maximum Gasteiger partial charge on any atom is 0.263 e. The lowest BCUT2D eigenvalue weighted by molar-refractivity contribution is -0.128. The zero-order valence-electron chi connectivity index (χ0n) is 18.0. The van der Waals surface area contributed by atoms with Crippen molar-refractivity contribution < 1.29 is 14.3 Å². The van der Waals surface area contributed by atoms with Crippen LogP contribution in [0.3, 0.4) is 0 Å². The Morgan fingerprint density at radius 3 is 2.43 bits per heavy atom. The van der Waals surface area contributed by atoms with Gasteiger partial charge in [-0.25, -0.2) is 0 Å². The Hall–Kier alpha value is -2.86. The van der Waals surface area contributed by atoms with E-state index >= 15 is 0 Å². The number of anilines is 1. The van der Waals surface area contributed by atoms with Gasteiger partial charge in [0.05, 0.1) is 12.2 Å². The summed E-state index contributed by atoms with van der Waals surface area (Å²) in [5, 5.41) is 3.07. The van der Waals surface area contributed by atoms with Crippen LogP contribution in [0.5, 0.6) is 5.75 Å². The number of hydrogen-bond acceptors (Lipinski definition) is 4. The van der Waals surface area contributed by atoms with Crippen LogP contribution >= 0.6 is 0 Å². The molecule has 2 atom stereocenters.